The summed E-state index contributed by atoms with van der Waals surface area (Å²) in [7, 11) is 1.64. The second kappa shape index (κ2) is 9.37. The first-order chi connectivity index (χ1) is 13.7. The van der Waals surface area contributed by atoms with Crippen LogP contribution in [-0.4, -0.2) is 53.5 Å². The summed E-state index contributed by atoms with van der Waals surface area (Å²) in [6.45, 7) is 8.74. The minimum absolute atomic E-state index is 0.128. The number of aromatic nitrogens is 2. The van der Waals surface area contributed by atoms with E-state index in [1.807, 2.05) is 18.3 Å². The monoisotopic (exact) mass is 379 g/mol. The molecule has 6 heteroatoms. The van der Waals surface area contributed by atoms with Crippen LogP contribution in [0.15, 0.2) is 54.9 Å². The van der Waals surface area contributed by atoms with Crippen LogP contribution >= 0.6 is 0 Å². The molecule has 0 radical (unpaired) electrons. The highest BCUT2D eigenvalue weighted by Gasteiger charge is 2.23. The van der Waals surface area contributed by atoms with E-state index >= 15 is 0 Å². The minimum Gasteiger partial charge on any atom is -0.380 e. The third kappa shape index (κ3) is 4.51. The fourth-order valence-corrected chi connectivity index (χ4v) is 3.68. The molecule has 3 heterocycles. The summed E-state index contributed by atoms with van der Waals surface area (Å²) in [6.07, 6.45) is 13.7. The van der Waals surface area contributed by atoms with E-state index in [0.29, 0.717) is 5.56 Å². The van der Waals surface area contributed by atoms with Crippen molar-refractivity contribution in [2.45, 2.75) is 25.8 Å². The number of amides is 1. The molecule has 1 aliphatic heterocycles. The number of allylic oxidation sites excluding steroid dienone is 3. The summed E-state index contributed by atoms with van der Waals surface area (Å²) in [5.41, 5.74) is 3.50. The fourth-order valence-electron chi connectivity index (χ4n) is 3.68. The molecule has 1 atom stereocenters. The predicted molar refractivity (Wildman–Crippen MR) is 116 cm³/mol. The number of likely N-dealkylation sites (tertiary alicyclic amines) is 1. The maximum absolute atomic E-state index is 12.4. The van der Waals surface area contributed by atoms with Crippen molar-refractivity contribution >= 4 is 22.6 Å². The van der Waals surface area contributed by atoms with E-state index in [9.17, 15) is 4.79 Å². The Morgan fingerprint density at radius 2 is 2.36 bits per heavy atom. The van der Waals surface area contributed by atoms with E-state index in [4.69, 9.17) is 0 Å². The lowest BCUT2D eigenvalue weighted by molar-refractivity contribution is 0.0963. The van der Waals surface area contributed by atoms with Gasteiger partial charge in [-0.2, -0.15) is 0 Å². The number of carbonyl (C=O) groups excluding carboxylic acids is 1. The van der Waals surface area contributed by atoms with Crippen molar-refractivity contribution < 1.29 is 4.79 Å². The normalized spacial score (nSPS) is 18.5. The minimum atomic E-state index is -0.128. The zero-order valence-electron chi connectivity index (χ0n) is 16.7. The Morgan fingerprint density at radius 3 is 3.11 bits per heavy atom. The highest BCUT2D eigenvalue weighted by Crippen LogP contribution is 2.28. The number of anilines is 1. The fraction of sp³-hybridized carbons (Fsp3) is 0.364. The number of nitrogens with zero attached hydrogens (tertiary/aromatic N) is 2. The van der Waals surface area contributed by atoms with Crippen LogP contribution in [0.2, 0.25) is 0 Å². The van der Waals surface area contributed by atoms with E-state index in [1.54, 1.807) is 19.3 Å². The molecule has 0 saturated carbocycles. The first kappa shape index (κ1) is 19.9. The van der Waals surface area contributed by atoms with Crippen molar-refractivity contribution in [1.82, 2.24) is 20.2 Å². The Morgan fingerprint density at radius 1 is 1.50 bits per heavy atom. The summed E-state index contributed by atoms with van der Waals surface area (Å²) in [5, 5.41) is 7.30. The lowest BCUT2D eigenvalue weighted by atomic mass is 10.0. The maximum Gasteiger partial charge on any atom is 0.254 e. The van der Waals surface area contributed by atoms with Crippen LogP contribution in [-0.2, 0) is 0 Å². The molecule has 1 amide bonds. The molecule has 2 aromatic rings. The highest BCUT2D eigenvalue weighted by molar-refractivity contribution is 6.06. The SMILES string of the molecule is C=C/C=C\C(=C/C)CN1CCC[C@H](Nc2c(C(=O)NC)cnc3[nH]ccc23)C1. The molecular formula is C22H29N5O. The van der Waals surface area contributed by atoms with Crippen LogP contribution in [0.3, 0.4) is 0 Å². The number of fused-ring (bicyclic) bond motifs is 1. The van der Waals surface area contributed by atoms with Gasteiger partial charge in [0.1, 0.15) is 5.65 Å². The zero-order valence-corrected chi connectivity index (χ0v) is 16.7. The zero-order chi connectivity index (χ0) is 19.9. The Labute approximate surface area is 166 Å². The number of piperidine rings is 1. The van der Waals surface area contributed by atoms with E-state index < -0.39 is 0 Å². The highest BCUT2D eigenvalue weighted by atomic mass is 16.1. The van der Waals surface area contributed by atoms with Gasteiger partial charge < -0.3 is 15.6 Å². The lowest BCUT2D eigenvalue weighted by Gasteiger charge is -2.34. The number of hydrogen-bond donors (Lipinski definition) is 3. The van der Waals surface area contributed by atoms with Gasteiger partial charge in [-0.1, -0.05) is 30.9 Å². The van der Waals surface area contributed by atoms with Crippen molar-refractivity contribution in [2.24, 2.45) is 0 Å². The van der Waals surface area contributed by atoms with Gasteiger partial charge in [0.05, 0.1) is 11.3 Å². The van der Waals surface area contributed by atoms with Crippen LogP contribution < -0.4 is 10.6 Å². The van der Waals surface area contributed by atoms with Crippen molar-refractivity contribution in [3.8, 4) is 0 Å². The van der Waals surface area contributed by atoms with Crippen LogP contribution in [0.4, 0.5) is 5.69 Å². The average Bonchev–Trinajstić information content (AvgIpc) is 3.20. The summed E-state index contributed by atoms with van der Waals surface area (Å²) < 4.78 is 0. The number of carbonyl (C=O) groups is 1. The average molecular weight is 380 g/mol. The van der Waals surface area contributed by atoms with Gasteiger partial charge in [0.2, 0.25) is 0 Å². The molecule has 0 bridgehead atoms. The summed E-state index contributed by atoms with van der Waals surface area (Å²) in [6, 6.07) is 2.24. The Kier molecular flexibility index (Phi) is 6.66. The number of aromatic amines is 1. The number of hydrogen-bond acceptors (Lipinski definition) is 4. The first-order valence-electron chi connectivity index (χ1n) is 9.77. The topological polar surface area (TPSA) is 73.1 Å². The molecule has 1 fully saturated rings. The lowest BCUT2D eigenvalue weighted by Crippen LogP contribution is -2.43. The van der Waals surface area contributed by atoms with E-state index in [-0.39, 0.29) is 11.9 Å². The first-order valence-corrected chi connectivity index (χ1v) is 9.77. The number of H-pyrrole nitrogens is 1. The van der Waals surface area contributed by atoms with Gasteiger partial charge in [-0.3, -0.25) is 9.69 Å². The van der Waals surface area contributed by atoms with E-state index in [1.165, 1.54) is 5.57 Å². The molecule has 28 heavy (non-hydrogen) atoms. The summed E-state index contributed by atoms with van der Waals surface area (Å²) >= 11 is 0. The number of pyridine rings is 1. The van der Waals surface area contributed by atoms with Gasteiger partial charge in [0, 0.05) is 44.0 Å². The van der Waals surface area contributed by atoms with Crippen LogP contribution in [0.1, 0.15) is 30.1 Å². The molecule has 0 aromatic carbocycles. The molecule has 3 rings (SSSR count). The molecule has 0 aliphatic carbocycles. The maximum atomic E-state index is 12.4. The van der Waals surface area contributed by atoms with Crippen LogP contribution in [0.5, 0.6) is 0 Å². The second-order valence-electron chi connectivity index (χ2n) is 7.04. The molecule has 6 nitrogen and oxygen atoms in total. The van der Waals surface area contributed by atoms with Gasteiger partial charge in [-0.15, -0.1) is 0 Å². The van der Waals surface area contributed by atoms with Crippen molar-refractivity contribution in [3.63, 3.8) is 0 Å². The van der Waals surface area contributed by atoms with Crippen molar-refractivity contribution in [1.29, 1.82) is 0 Å². The quantitative estimate of drug-likeness (QED) is 0.644. The third-order valence-corrected chi connectivity index (χ3v) is 5.14. The smallest absolute Gasteiger partial charge is 0.254 e. The van der Waals surface area contributed by atoms with Crippen molar-refractivity contribution in [3.05, 3.63) is 60.5 Å². The Balaban J connectivity index is 1.78. The molecule has 1 saturated heterocycles. The van der Waals surface area contributed by atoms with Gasteiger partial charge in [0.25, 0.3) is 5.91 Å². The second-order valence-corrected chi connectivity index (χ2v) is 7.04. The Hall–Kier alpha value is -2.86. The molecule has 1 aliphatic rings. The van der Waals surface area contributed by atoms with E-state index in [2.05, 4.69) is 51.2 Å². The number of rotatable bonds is 7. The molecule has 3 N–H and O–H groups in total. The Bertz CT molecular complexity index is 895. The molecule has 2 aromatic heterocycles. The van der Waals surface area contributed by atoms with Crippen LogP contribution in [0, 0.1) is 0 Å². The summed E-state index contributed by atoms with van der Waals surface area (Å²) in [4.78, 5) is 22.3. The largest absolute Gasteiger partial charge is 0.380 e. The standard InChI is InChI=1S/C22H29N5O/c1-4-6-8-16(5-2)14-27-12-7-9-17(15-27)26-20-18-10-11-24-21(18)25-13-19(20)22(28)23-3/h4-6,8,10-11,13,17H,1,7,9,12,14-15H2,2-3H3,(H,23,28)(H2,24,25,26)/b8-6-,16-5+/t17-/m0/s1. The van der Waals surface area contributed by atoms with Crippen molar-refractivity contribution in [2.75, 3.05) is 32.0 Å². The summed E-state index contributed by atoms with van der Waals surface area (Å²) in [5.74, 6) is -0.128. The number of nitrogens with one attached hydrogen (secondary N) is 3. The third-order valence-electron chi connectivity index (χ3n) is 5.14. The molecule has 0 spiro atoms. The van der Waals surface area contributed by atoms with E-state index in [0.717, 1.165) is 49.2 Å². The molecule has 148 valence electrons. The van der Waals surface area contributed by atoms with Gasteiger partial charge in [-0.25, -0.2) is 4.98 Å². The predicted octanol–water partition coefficient (Wildman–Crippen LogP) is 3.49. The van der Waals surface area contributed by atoms with Crippen LogP contribution in [0.25, 0.3) is 11.0 Å². The molecular weight excluding hydrogens is 350 g/mol. The van der Waals surface area contributed by atoms with Gasteiger partial charge in [0.15, 0.2) is 0 Å². The van der Waals surface area contributed by atoms with Gasteiger partial charge in [-0.05, 0) is 37.9 Å². The molecule has 0 unspecified atom stereocenters. The van der Waals surface area contributed by atoms with Gasteiger partial charge >= 0.3 is 0 Å².